The predicted octanol–water partition coefficient (Wildman–Crippen LogP) is 5.00. The fourth-order valence-electron chi connectivity index (χ4n) is 4.14. The number of hydrogen-bond acceptors (Lipinski definition) is 5. The number of alkyl carbamates (subject to hydrolysis) is 1. The van der Waals surface area contributed by atoms with E-state index in [2.05, 4.69) is 10.6 Å². The number of para-hydroxylation sites is 1. The van der Waals surface area contributed by atoms with E-state index in [-0.39, 0.29) is 19.1 Å². The number of amides is 3. The van der Waals surface area contributed by atoms with Gasteiger partial charge in [0.2, 0.25) is 5.91 Å². The third kappa shape index (κ3) is 9.17. The summed E-state index contributed by atoms with van der Waals surface area (Å²) >= 11 is 0. The summed E-state index contributed by atoms with van der Waals surface area (Å²) in [5.41, 5.74) is 2.48. The molecule has 0 heterocycles. The van der Waals surface area contributed by atoms with Crippen LogP contribution in [0.2, 0.25) is 0 Å². The zero-order valence-electron chi connectivity index (χ0n) is 23.7. The SMILES string of the molecule is CCc1ccc(C(C(=O)Nc2ccccc2C)N(CCO)C(=O)C(CC(C)C)NC(=O)OC(C)(C)C)cc1. The van der Waals surface area contributed by atoms with Gasteiger partial charge in [-0.2, -0.15) is 0 Å². The van der Waals surface area contributed by atoms with Crippen molar-refractivity contribution in [1.82, 2.24) is 10.2 Å². The van der Waals surface area contributed by atoms with Crippen LogP contribution >= 0.6 is 0 Å². The summed E-state index contributed by atoms with van der Waals surface area (Å²) in [5.74, 6) is -0.813. The van der Waals surface area contributed by atoms with Gasteiger partial charge in [0.25, 0.3) is 5.91 Å². The zero-order valence-corrected chi connectivity index (χ0v) is 23.7. The highest BCUT2D eigenvalue weighted by Crippen LogP contribution is 2.26. The molecule has 208 valence electrons. The number of nitrogens with zero attached hydrogens (tertiary/aromatic N) is 1. The Kier molecular flexibility index (Phi) is 11.3. The largest absolute Gasteiger partial charge is 0.444 e. The first kappa shape index (κ1) is 30.8. The summed E-state index contributed by atoms with van der Waals surface area (Å²) in [6, 6.07) is 12.9. The molecule has 0 aliphatic carbocycles. The molecule has 0 bridgehead atoms. The third-order valence-corrected chi connectivity index (χ3v) is 5.99. The lowest BCUT2D eigenvalue weighted by molar-refractivity contribution is -0.141. The lowest BCUT2D eigenvalue weighted by Crippen LogP contribution is -2.53. The van der Waals surface area contributed by atoms with Gasteiger partial charge in [0.1, 0.15) is 17.7 Å². The highest BCUT2D eigenvalue weighted by atomic mass is 16.6. The number of carbonyl (C=O) groups excluding carboxylic acids is 3. The van der Waals surface area contributed by atoms with Crippen molar-refractivity contribution in [2.75, 3.05) is 18.5 Å². The van der Waals surface area contributed by atoms with E-state index in [1.807, 2.05) is 70.2 Å². The Morgan fingerprint density at radius 3 is 2.18 bits per heavy atom. The summed E-state index contributed by atoms with van der Waals surface area (Å²) < 4.78 is 5.40. The third-order valence-electron chi connectivity index (χ3n) is 5.99. The van der Waals surface area contributed by atoms with Crippen LogP contribution < -0.4 is 10.6 Å². The molecule has 0 saturated heterocycles. The van der Waals surface area contributed by atoms with Crippen molar-refractivity contribution < 1.29 is 24.2 Å². The monoisotopic (exact) mass is 525 g/mol. The second kappa shape index (κ2) is 14.0. The number of anilines is 1. The second-order valence-corrected chi connectivity index (χ2v) is 10.9. The van der Waals surface area contributed by atoms with Crippen molar-refractivity contribution in [3.63, 3.8) is 0 Å². The van der Waals surface area contributed by atoms with E-state index in [9.17, 15) is 19.5 Å². The minimum absolute atomic E-state index is 0.0675. The van der Waals surface area contributed by atoms with Crippen molar-refractivity contribution in [3.8, 4) is 0 Å². The Hall–Kier alpha value is -3.39. The van der Waals surface area contributed by atoms with E-state index in [0.717, 1.165) is 17.5 Å². The fourth-order valence-corrected chi connectivity index (χ4v) is 4.14. The minimum Gasteiger partial charge on any atom is -0.444 e. The van der Waals surface area contributed by atoms with Gasteiger partial charge in [0.05, 0.1) is 6.61 Å². The number of aryl methyl sites for hydroxylation is 2. The maximum atomic E-state index is 14.0. The smallest absolute Gasteiger partial charge is 0.408 e. The van der Waals surface area contributed by atoms with E-state index >= 15 is 0 Å². The van der Waals surface area contributed by atoms with Crippen molar-refractivity contribution >= 4 is 23.6 Å². The molecule has 0 radical (unpaired) electrons. The minimum atomic E-state index is -1.03. The average Bonchev–Trinajstić information content (AvgIpc) is 2.83. The number of benzene rings is 2. The lowest BCUT2D eigenvalue weighted by Gasteiger charge is -2.34. The molecule has 0 aliphatic heterocycles. The molecule has 2 aromatic carbocycles. The molecule has 2 unspecified atom stereocenters. The number of ether oxygens (including phenoxy) is 1. The van der Waals surface area contributed by atoms with Gasteiger partial charge in [-0.05, 0) is 69.2 Å². The molecule has 3 N–H and O–H groups in total. The quantitative estimate of drug-likeness (QED) is 0.383. The molecule has 2 atom stereocenters. The van der Waals surface area contributed by atoms with Crippen LogP contribution in [-0.2, 0) is 20.7 Å². The summed E-state index contributed by atoms with van der Waals surface area (Å²) in [7, 11) is 0. The van der Waals surface area contributed by atoms with Crippen LogP contribution in [0, 0.1) is 12.8 Å². The van der Waals surface area contributed by atoms with Gasteiger partial charge in [-0.15, -0.1) is 0 Å². The summed E-state index contributed by atoms with van der Waals surface area (Å²) in [6.07, 6.45) is 0.449. The molecular formula is C30H43N3O5. The number of aliphatic hydroxyl groups excluding tert-OH is 1. The van der Waals surface area contributed by atoms with Gasteiger partial charge >= 0.3 is 6.09 Å². The van der Waals surface area contributed by atoms with Crippen LogP contribution in [0.4, 0.5) is 10.5 Å². The highest BCUT2D eigenvalue weighted by Gasteiger charge is 2.36. The molecule has 0 spiro atoms. The van der Waals surface area contributed by atoms with Crippen LogP contribution in [0.3, 0.4) is 0 Å². The van der Waals surface area contributed by atoms with Gasteiger partial charge in [-0.3, -0.25) is 9.59 Å². The normalized spacial score (nSPS) is 13.0. The summed E-state index contributed by atoms with van der Waals surface area (Å²) in [4.78, 5) is 41.8. The van der Waals surface area contributed by atoms with E-state index in [0.29, 0.717) is 17.7 Å². The number of aliphatic hydroxyl groups is 1. The topological polar surface area (TPSA) is 108 Å². The van der Waals surface area contributed by atoms with Gasteiger partial charge in [-0.25, -0.2) is 4.79 Å². The van der Waals surface area contributed by atoms with Crippen molar-refractivity contribution in [2.24, 2.45) is 5.92 Å². The zero-order chi connectivity index (χ0) is 28.5. The molecule has 8 nitrogen and oxygen atoms in total. The van der Waals surface area contributed by atoms with Crippen LogP contribution in [0.1, 0.15) is 70.7 Å². The van der Waals surface area contributed by atoms with Crippen LogP contribution in [0.15, 0.2) is 48.5 Å². The molecule has 2 aromatic rings. The first-order valence-corrected chi connectivity index (χ1v) is 13.2. The Morgan fingerprint density at radius 2 is 1.66 bits per heavy atom. The van der Waals surface area contributed by atoms with E-state index in [4.69, 9.17) is 4.74 Å². The fraction of sp³-hybridized carbons (Fsp3) is 0.500. The van der Waals surface area contributed by atoms with Crippen molar-refractivity contribution in [2.45, 2.75) is 79.0 Å². The molecule has 0 fully saturated rings. The molecule has 38 heavy (non-hydrogen) atoms. The molecule has 0 saturated carbocycles. The number of carbonyl (C=O) groups is 3. The van der Waals surface area contributed by atoms with E-state index < -0.39 is 35.6 Å². The first-order chi connectivity index (χ1) is 17.9. The molecule has 0 aliphatic rings. The Labute approximate surface area is 226 Å². The van der Waals surface area contributed by atoms with Crippen LogP contribution in [-0.4, -0.2) is 52.7 Å². The Bertz CT molecular complexity index is 1080. The average molecular weight is 526 g/mol. The van der Waals surface area contributed by atoms with Crippen LogP contribution in [0.5, 0.6) is 0 Å². The highest BCUT2D eigenvalue weighted by molar-refractivity contribution is 5.99. The van der Waals surface area contributed by atoms with E-state index in [1.54, 1.807) is 26.8 Å². The molecular weight excluding hydrogens is 482 g/mol. The molecule has 8 heteroatoms. The van der Waals surface area contributed by atoms with Gasteiger partial charge < -0.3 is 25.4 Å². The van der Waals surface area contributed by atoms with Crippen molar-refractivity contribution in [3.05, 3.63) is 65.2 Å². The van der Waals surface area contributed by atoms with Gasteiger partial charge in [0, 0.05) is 12.2 Å². The first-order valence-electron chi connectivity index (χ1n) is 13.2. The predicted molar refractivity (Wildman–Crippen MR) is 150 cm³/mol. The van der Waals surface area contributed by atoms with Gasteiger partial charge in [0.15, 0.2) is 0 Å². The number of rotatable bonds is 11. The molecule has 0 aromatic heterocycles. The summed E-state index contributed by atoms with van der Waals surface area (Å²) in [6.45, 7) is 12.6. The Balaban J connectivity index is 2.51. The number of nitrogens with one attached hydrogen (secondary N) is 2. The molecule has 3 amide bonds. The van der Waals surface area contributed by atoms with Crippen LogP contribution in [0.25, 0.3) is 0 Å². The molecule has 2 rings (SSSR count). The Morgan fingerprint density at radius 1 is 1.03 bits per heavy atom. The maximum absolute atomic E-state index is 14.0. The standard InChI is InChI=1S/C30H43N3O5/c1-8-22-13-15-23(16-14-22)26(27(35)31-24-12-10-9-11-21(24)4)33(17-18-34)28(36)25(19-20(2)3)32-29(37)38-30(5,6)7/h9-16,20,25-26,34H,8,17-19H2,1-7H3,(H,31,35)(H,32,37). The maximum Gasteiger partial charge on any atom is 0.408 e. The lowest BCUT2D eigenvalue weighted by atomic mass is 9.98. The van der Waals surface area contributed by atoms with Crippen molar-refractivity contribution in [1.29, 1.82) is 0 Å². The summed E-state index contributed by atoms with van der Waals surface area (Å²) in [5, 5.41) is 15.6. The van der Waals surface area contributed by atoms with E-state index in [1.165, 1.54) is 4.90 Å². The van der Waals surface area contributed by atoms with Gasteiger partial charge in [-0.1, -0.05) is 63.2 Å². The number of hydrogen-bond donors (Lipinski definition) is 3. The second-order valence-electron chi connectivity index (χ2n) is 10.9.